The van der Waals surface area contributed by atoms with Gasteiger partial charge in [0.15, 0.2) is 0 Å². The number of amides is 2. The highest BCUT2D eigenvalue weighted by atomic mass is 32.1. The van der Waals surface area contributed by atoms with Gasteiger partial charge in [0.1, 0.15) is 0 Å². The van der Waals surface area contributed by atoms with Gasteiger partial charge in [0.05, 0.1) is 4.88 Å². The predicted octanol–water partition coefficient (Wildman–Crippen LogP) is 0.982. The van der Waals surface area contributed by atoms with Gasteiger partial charge in [-0.1, -0.05) is 6.07 Å². The summed E-state index contributed by atoms with van der Waals surface area (Å²) in [5.74, 6) is 0.118. The summed E-state index contributed by atoms with van der Waals surface area (Å²) in [7, 11) is 0. The molecule has 2 atom stereocenters. The summed E-state index contributed by atoms with van der Waals surface area (Å²) < 4.78 is 0. The maximum atomic E-state index is 12.0. The second kappa shape index (κ2) is 7.40. The SMILES string of the molecule is C[C@H]1C[C@@H](C(=O)NCCNC(=O)c2cccs2)CCN1. The number of nitrogens with one attached hydrogen (secondary N) is 3. The van der Waals surface area contributed by atoms with Crippen LogP contribution in [0.25, 0.3) is 0 Å². The van der Waals surface area contributed by atoms with Crippen molar-refractivity contribution in [1.29, 1.82) is 0 Å². The Morgan fingerprint density at radius 3 is 2.90 bits per heavy atom. The molecule has 0 unspecified atom stereocenters. The fourth-order valence-corrected chi connectivity index (χ4v) is 3.01. The Morgan fingerprint density at radius 1 is 1.40 bits per heavy atom. The van der Waals surface area contributed by atoms with Crippen molar-refractivity contribution in [2.75, 3.05) is 19.6 Å². The van der Waals surface area contributed by atoms with Gasteiger partial charge in [-0.05, 0) is 37.8 Å². The van der Waals surface area contributed by atoms with Gasteiger partial charge in [0.2, 0.25) is 5.91 Å². The van der Waals surface area contributed by atoms with Crippen LogP contribution in [0.2, 0.25) is 0 Å². The van der Waals surface area contributed by atoms with Crippen LogP contribution in [0, 0.1) is 5.92 Å². The van der Waals surface area contributed by atoms with Gasteiger partial charge in [-0.25, -0.2) is 0 Å². The molecule has 1 aliphatic rings. The standard InChI is InChI=1S/C14H21N3O2S/c1-10-9-11(4-5-15-10)13(18)16-6-7-17-14(19)12-3-2-8-20-12/h2-3,8,10-11,15H,4-7,9H2,1H3,(H,16,18)(H,17,19)/t10-,11-/m0/s1. The summed E-state index contributed by atoms with van der Waals surface area (Å²) in [6.45, 7) is 3.94. The van der Waals surface area contributed by atoms with Gasteiger partial charge in [0, 0.05) is 25.0 Å². The molecule has 1 aromatic heterocycles. The van der Waals surface area contributed by atoms with E-state index in [9.17, 15) is 9.59 Å². The van der Waals surface area contributed by atoms with Crippen LogP contribution in [-0.2, 0) is 4.79 Å². The average Bonchev–Trinajstić information content (AvgIpc) is 2.97. The molecule has 0 saturated carbocycles. The molecule has 0 aliphatic carbocycles. The van der Waals surface area contributed by atoms with E-state index >= 15 is 0 Å². The zero-order chi connectivity index (χ0) is 14.4. The molecule has 3 N–H and O–H groups in total. The van der Waals surface area contributed by atoms with E-state index in [-0.39, 0.29) is 17.7 Å². The molecule has 110 valence electrons. The predicted molar refractivity (Wildman–Crippen MR) is 79.9 cm³/mol. The maximum absolute atomic E-state index is 12.0. The van der Waals surface area contributed by atoms with E-state index in [4.69, 9.17) is 0 Å². The van der Waals surface area contributed by atoms with Gasteiger partial charge in [0.25, 0.3) is 5.91 Å². The molecule has 1 aromatic rings. The summed E-state index contributed by atoms with van der Waals surface area (Å²) in [6, 6.07) is 4.03. The minimum atomic E-state index is -0.0789. The molecule has 1 aliphatic heterocycles. The quantitative estimate of drug-likeness (QED) is 0.709. The van der Waals surface area contributed by atoms with Gasteiger partial charge < -0.3 is 16.0 Å². The van der Waals surface area contributed by atoms with E-state index in [1.807, 2.05) is 11.4 Å². The van der Waals surface area contributed by atoms with Crippen molar-refractivity contribution >= 4 is 23.2 Å². The Hall–Kier alpha value is -1.40. The summed E-state index contributed by atoms with van der Waals surface area (Å²) in [4.78, 5) is 24.3. The van der Waals surface area contributed by atoms with Crippen molar-refractivity contribution in [3.8, 4) is 0 Å². The molecule has 5 nitrogen and oxygen atoms in total. The molecule has 2 rings (SSSR count). The van der Waals surface area contributed by atoms with E-state index in [1.54, 1.807) is 6.07 Å². The first kappa shape index (κ1) is 15.0. The third-order valence-corrected chi connectivity index (χ3v) is 4.32. The number of hydrogen-bond acceptors (Lipinski definition) is 4. The minimum absolute atomic E-state index is 0.0789. The van der Waals surface area contributed by atoms with Crippen molar-refractivity contribution in [1.82, 2.24) is 16.0 Å². The topological polar surface area (TPSA) is 70.2 Å². The smallest absolute Gasteiger partial charge is 0.261 e. The molecular weight excluding hydrogens is 274 g/mol. The van der Waals surface area contributed by atoms with Gasteiger partial charge >= 0.3 is 0 Å². The maximum Gasteiger partial charge on any atom is 0.261 e. The number of hydrogen-bond donors (Lipinski definition) is 3. The molecule has 2 heterocycles. The first-order valence-corrected chi connectivity index (χ1v) is 7.87. The van der Waals surface area contributed by atoms with Crippen molar-refractivity contribution in [2.24, 2.45) is 5.92 Å². The van der Waals surface area contributed by atoms with Crippen molar-refractivity contribution in [2.45, 2.75) is 25.8 Å². The lowest BCUT2D eigenvalue weighted by Crippen LogP contribution is -2.44. The van der Waals surface area contributed by atoms with Crippen LogP contribution in [0.5, 0.6) is 0 Å². The lowest BCUT2D eigenvalue weighted by molar-refractivity contribution is -0.126. The summed E-state index contributed by atoms with van der Waals surface area (Å²) >= 11 is 1.41. The van der Waals surface area contributed by atoms with Crippen LogP contribution in [0.3, 0.4) is 0 Å². The van der Waals surface area contributed by atoms with Crippen molar-refractivity contribution in [3.63, 3.8) is 0 Å². The van der Waals surface area contributed by atoms with Crippen molar-refractivity contribution in [3.05, 3.63) is 22.4 Å². The Kier molecular flexibility index (Phi) is 5.55. The summed E-state index contributed by atoms with van der Waals surface area (Å²) in [6.07, 6.45) is 1.77. The number of carbonyl (C=O) groups excluding carboxylic acids is 2. The Bertz CT molecular complexity index is 447. The number of rotatable bonds is 5. The lowest BCUT2D eigenvalue weighted by atomic mass is 9.92. The monoisotopic (exact) mass is 295 g/mol. The van der Waals surface area contributed by atoms with E-state index in [1.165, 1.54) is 11.3 Å². The average molecular weight is 295 g/mol. The van der Waals surface area contributed by atoms with Crippen molar-refractivity contribution < 1.29 is 9.59 Å². The highest BCUT2D eigenvalue weighted by Gasteiger charge is 2.24. The zero-order valence-corrected chi connectivity index (χ0v) is 12.5. The number of thiophene rings is 1. The van der Waals surface area contributed by atoms with E-state index in [2.05, 4.69) is 22.9 Å². The Balaban J connectivity index is 1.63. The minimum Gasteiger partial charge on any atom is -0.354 e. The zero-order valence-electron chi connectivity index (χ0n) is 11.6. The van der Waals surface area contributed by atoms with Gasteiger partial charge in [-0.2, -0.15) is 0 Å². The largest absolute Gasteiger partial charge is 0.354 e. The first-order chi connectivity index (χ1) is 9.66. The van der Waals surface area contributed by atoms with Crippen LogP contribution in [0.1, 0.15) is 29.4 Å². The summed E-state index contributed by atoms with van der Waals surface area (Å²) in [5.41, 5.74) is 0. The van der Waals surface area contributed by atoms with Crippen LogP contribution in [-0.4, -0.2) is 37.5 Å². The fraction of sp³-hybridized carbons (Fsp3) is 0.571. The van der Waals surface area contributed by atoms with Crippen LogP contribution in [0.15, 0.2) is 17.5 Å². The number of piperidine rings is 1. The molecule has 20 heavy (non-hydrogen) atoms. The Morgan fingerprint density at radius 2 is 2.20 bits per heavy atom. The molecule has 0 radical (unpaired) electrons. The van der Waals surface area contributed by atoms with E-state index in [0.717, 1.165) is 19.4 Å². The van der Waals surface area contributed by atoms with Gasteiger partial charge in [-0.15, -0.1) is 11.3 Å². The van der Waals surface area contributed by atoms with E-state index < -0.39 is 0 Å². The molecule has 0 spiro atoms. The first-order valence-electron chi connectivity index (χ1n) is 6.99. The molecule has 1 saturated heterocycles. The van der Waals surface area contributed by atoms with Crippen LogP contribution < -0.4 is 16.0 Å². The molecule has 0 bridgehead atoms. The third-order valence-electron chi connectivity index (χ3n) is 3.45. The highest BCUT2D eigenvalue weighted by Crippen LogP contribution is 2.15. The van der Waals surface area contributed by atoms with Gasteiger partial charge in [-0.3, -0.25) is 9.59 Å². The molecule has 6 heteroatoms. The normalized spacial score (nSPS) is 22.2. The van der Waals surface area contributed by atoms with Crippen LogP contribution >= 0.6 is 11.3 Å². The highest BCUT2D eigenvalue weighted by molar-refractivity contribution is 7.12. The second-order valence-electron chi connectivity index (χ2n) is 5.10. The molecular formula is C14H21N3O2S. The number of carbonyl (C=O) groups is 2. The summed E-state index contributed by atoms with van der Waals surface area (Å²) in [5, 5.41) is 10.9. The Labute approximate surface area is 123 Å². The molecule has 2 amide bonds. The fourth-order valence-electron chi connectivity index (χ4n) is 2.37. The van der Waals surface area contributed by atoms with Crippen LogP contribution in [0.4, 0.5) is 0 Å². The molecule has 1 fully saturated rings. The molecule has 0 aromatic carbocycles. The van der Waals surface area contributed by atoms with E-state index in [0.29, 0.717) is 24.0 Å². The third kappa shape index (κ3) is 4.31. The lowest BCUT2D eigenvalue weighted by Gasteiger charge is -2.27. The second-order valence-corrected chi connectivity index (χ2v) is 6.05.